The maximum absolute atomic E-state index is 12.6. The van der Waals surface area contributed by atoms with Gasteiger partial charge in [-0.25, -0.2) is 0 Å². The number of ether oxygens (including phenoxy) is 1. The number of methoxy groups -OCH3 is 1. The third-order valence-corrected chi connectivity index (χ3v) is 4.93. The molecular weight excluding hydrogens is 324 g/mol. The molecule has 0 aliphatic carbocycles. The van der Waals surface area contributed by atoms with Gasteiger partial charge in [0.15, 0.2) is 0 Å². The van der Waals surface area contributed by atoms with Gasteiger partial charge in [-0.2, -0.15) is 0 Å². The average molecular weight is 350 g/mol. The number of anilines is 1. The monoisotopic (exact) mass is 350 g/mol. The normalized spacial score (nSPS) is 21.4. The van der Waals surface area contributed by atoms with Crippen LogP contribution in [0.25, 0.3) is 0 Å². The van der Waals surface area contributed by atoms with E-state index in [2.05, 4.69) is 24.1 Å². The predicted octanol–water partition coefficient (Wildman–Crippen LogP) is 1.99. The van der Waals surface area contributed by atoms with Crippen LogP contribution in [-0.2, 0) is 4.79 Å². The Hall–Kier alpha value is -2.19. The van der Waals surface area contributed by atoms with Crippen LogP contribution in [0.2, 0.25) is 0 Å². The number of nitrogens with one attached hydrogen (secondary N) is 1. The lowest BCUT2D eigenvalue weighted by molar-refractivity contribution is -0.384. The number of nitrogens with two attached hydrogens (primary N) is 1. The molecule has 1 fully saturated rings. The minimum absolute atomic E-state index is 0.0844. The molecule has 0 spiro atoms. The summed E-state index contributed by atoms with van der Waals surface area (Å²) in [6.07, 6.45) is 0.813. The van der Waals surface area contributed by atoms with Crippen molar-refractivity contribution in [3.8, 4) is 5.75 Å². The van der Waals surface area contributed by atoms with Gasteiger partial charge in [0.1, 0.15) is 11.4 Å². The first-order valence-electron chi connectivity index (χ1n) is 8.28. The van der Waals surface area contributed by atoms with Crippen LogP contribution in [0.15, 0.2) is 18.2 Å². The molecule has 0 aromatic heterocycles. The Bertz CT molecular complexity index is 662. The van der Waals surface area contributed by atoms with Gasteiger partial charge in [-0.1, -0.05) is 13.8 Å². The summed E-state index contributed by atoms with van der Waals surface area (Å²) >= 11 is 0. The summed E-state index contributed by atoms with van der Waals surface area (Å²) in [4.78, 5) is 25.4. The van der Waals surface area contributed by atoms with E-state index in [0.29, 0.717) is 12.3 Å². The fourth-order valence-electron chi connectivity index (χ4n) is 3.04. The lowest BCUT2D eigenvalue weighted by atomic mass is 9.79. The number of hydrogen-bond acceptors (Lipinski definition) is 6. The van der Waals surface area contributed by atoms with Crippen LogP contribution in [0.5, 0.6) is 5.75 Å². The van der Waals surface area contributed by atoms with E-state index in [1.807, 2.05) is 0 Å². The van der Waals surface area contributed by atoms with Gasteiger partial charge in [0, 0.05) is 19.1 Å². The van der Waals surface area contributed by atoms with Crippen molar-refractivity contribution >= 4 is 17.3 Å². The van der Waals surface area contributed by atoms with Crippen molar-refractivity contribution in [3.05, 3.63) is 28.3 Å². The minimum Gasteiger partial charge on any atom is -0.496 e. The molecule has 0 bridgehead atoms. The van der Waals surface area contributed by atoms with Crippen LogP contribution in [0.3, 0.4) is 0 Å². The molecule has 1 aromatic rings. The number of nitrogens with zero attached hydrogens (tertiary/aromatic N) is 2. The Kier molecular flexibility index (Phi) is 5.64. The Morgan fingerprint density at radius 3 is 2.76 bits per heavy atom. The first-order chi connectivity index (χ1) is 11.7. The molecule has 8 heteroatoms. The molecule has 0 radical (unpaired) electrons. The van der Waals surface area contributed by atoms with Gasteiger partial charge in [0.05, 0.1) is 24.1 Å². The molecule has 1 saturated heterocycles. The van der Waals surface area contributed by atoms with Crippen molar-refractivity contribution < 1.29 is 14.5 Å². The molecular formula is C17H26N4O4. The standard InChI is InChI=1S/C17H26N4O4/c1-11(20-8-7-15(18)17(2,3)10-20)16(22)19-13-6-5-12(25-4)9-14(13)21(23)24/h5-6,9,11,15H,7-8,10,18H2,1-4H3,(H,19,22). The summed E-state index contributed by atoms with van der Waals surface area (Å²) in [6.45, 7) is 7.40. The first kappa shape index (κ1) is 19.1. The number of benzene rings is 1. The second-order valence-corrected chi connectivity index (χ2v) is 7.16. The van der Waals surface area contributed by atoms with Crippen molar-refractivity contribution in [2.24, 2.45) is 11.1 Å². The molecule has 1 aliphatic heterocycles. The topological polar surface area (TPSA) is 111 Å². The van der Waals surface area contributed by atoms with Gasteiger partial charge in [0.25, 0.3) is 5.69 Å². The zero-order valence-corrected chi connectivity index (χ0v) is 15.1. The van der Waals surface area contributed by atoms with Gasteiger partial charge in [0.2, 0.25) is 5.91 Å². The largest absolute Gasteiger partial charge is 0.496 e. The van der Waals surface area contributed by atoms with E-state index < -0.39 is 11.0 Å². The molecule has 1 aliphatic rings. The number of amides is 1. The Morgan fingerprint density at radius 2 is 2.20 bits per heavy atom. The third-order valence-electron chi connectivity index (χ3n) is 4.93. The SMILES string of the molecule is COc1ccc(NC(=O)C(C)N2CCC(N)C(C)(C)C2)c([N+](=O)[O-])c1. The number of rotatable bonds is 5. The van der Waals surface area contributed by atoms with Crippen LogP contribution in [0.1, 0.15) is 27.2 Å². The first-order valence-corrected chi connectivity index (χ1v) is 8.28. The van der Waals surface area contributed by atoms with Gasteiger partial charge in [-0.3, -0.25) is 19.8 Å². The number of nitro groups is 1. The maximum atomic E-state index is 12.6. The van der Waals surface area contributed by atoms with Crippen molar-refractivity contribution in [1.82, 2.24) is 4.90 Å². The number of likely N-dealkylation sites (tertiary alicyclic amines) is 1. The van der Waals surface area contributed by atoms with Crippen LogP contribution < -0.4 is 15.8 Å². The molecule has 3 N–H and O–H groups in total. The lowest BCUT2D eigenvalue weighted by Gasteiger charge is -2.44. The summed E-state index contributed by atoms with van der Waals surface area (Å²) in [7, 11) is 1.43. The highest BCUT2D eigenvalue weighted by Gasteiger charge is 2.37. The zero-order valence-electron chi connectivity index (χ0n) is 15.1. The molecule has 25 heavy (non-hydrogen) atoms. The van der Waals surface area contributed by atoms with E-state index >= 15 is 0 Å². The number of carbonyl (C=O) groups excluding carboxylic acids is 1. The number of hydrogen-bond donors (Lipinski definition) is 2. The summed E-state index contributed by atoms with van der Waals surface area (Å²) in [6, 6.07) is 4.05. The van der Waals surface area contributed by atoms with Crippen LogP contribution in [-0.4, -0.2) is 48.0 Å². The fraction of sp³-hybridized carbons (Fsp3) is 0.588. The molecule has 8 nitrogen and oxygen atoms in total. The second kappa shape index (κ2) is 7.37. The van der Waals surface area contributed by atoms with Crippen LogP contribution in [0.4, 0.5) is 11.4 Å². The van der Waals surface area contributed by atoms with E-state index in [-0.39, 0.29) is 28.7 Å². The van der Waals surface area contributed by atoms with Crippen molar-refractivity contribution in [2.45, 2.75) is 39.3 Å². The summed E-state index contributed by atoms with van der Waals surface area (Å²) in [5, 5.41) is 13.9. The second-order valence-electron chi connectivity index (χ2n) is 7.16. The fourth-order valence-corrected chi connectivity index (χ4v) is 3.04. The quantitative estimate of drug-likeness (QED) is 0.620. The van der Waals surface area contributed by atoms with Crippen molar-refractivity contribution in [3.63, 3.8) is 0 Å². The highest BCUT2D eigenvalue weighted by atomic mass is 16.6. The van der Waals surface area contributed by atoms with Crippen LogP contribution >= 0.6 is 0 Å². The zero-order chi connectivity index (χ0) is 18.8. The van der Waals surface area contributed by atoms with Gasteiger partial charge >= 0.3 is 0 Å². The number of piperidine rings is 1. The molecule has 1 aromatic carbocycles. The van der Waals surface area contributed by atoms with E-state index in [1.54, 1.807) is 13.0 Å². The van der Waals surface area contributed by atoms with Crippen LogP contribution in [0, 0.1) is 15.5 Å². The van der Waals surface area contributed by atoms with E-state index in [4.69, 9.17) is 10.5 Å². The Morgan fingerprint density at radius 1 is 1.52 bits per heavy atom. The molecule has 1 amide bonds. The molecule has 2 unspecified atom stereocenters. The predicted molar refractivity (Wildman–Crippen MR) is 95.7 cm³/mol. The average Bonchev–Trinajstić information content (AvgIpc) is 2.56. The maximum Gasteiger partial charge on any atom is 0.296 e. The molecule has 2 rings (SSSR count). The number of carbonyl (C=O) groups is 1. The summed E-state index contributed by atoms with van der Waals surface area (Å²) in [5.74, 6) is 0.0871. The molecule has 2 atom stereocenters. The molecule has 1 heterocycles. The summed E-state index contributed by atoms with van der Waals surface area (Å²) < 4.78 is 5.00. The van der Waals surface area contributed by atoms with Gasteiger partial charge in [-0.15, -0.1) is 0 Å². The highest BCUT2D eigenvalue weighted by molar-refractivity contribution is 5.96. The highest BCUT2D eigenvalue weighted by Crippen LogP contribution is 2.31. The number of nitro benzene ring substituents is 1. The Labute approximate surface area is 147 Å². The van der Waals surface area contributed by atoms with Gasteiger partial charge in [-0.05, 0) is 30.9 Å². The minimum atomic E-state index is -0.536. The van der Waals surface area contributed by atoms with Crippen molar-refractivity contribution in [2.75, 3.05) is 25.5 Å². The Balaban J connectivity index is 2.13. The third kappa shape index (κ3) is 4.26. The molecule has 0 saturated carbocycles. The van der Waals surface area contributed by atoms with E-state index in [0.717, 1.165) is 13.0 Å². The summed E-state index contributed by atoms with van der Waals surface area (Å²) in [5.41, 5.74) is 6.03. The van der Waals surface area contributed by atoms with Crippen molar-refractivity contribution in [1.29, 1.82) is 0 Å². The van der Waals surface area contributed by atoms with E-state index in [9.17, 15) is 14.9 Å². The smallest absolute Gasteiger partial charge is 0.296 e. The van der Waals surface area contributed by atoms with E-state index in [1.165, 1.54) is 19.2 Å². The molecule has 138 valence electrons. The lowest BCUT2D eigenvalue weighted by Crippen LogP contribution is -2.56. The van der Waals surface area contributed by atoms with Gasteiger partial charge < -0.3 is 15.8 Å².